The van der Waals surface area contributed by atoms with E-state index in [1.807, 2.05) is 0 Å². The third kappa shape index (κ3) is 3.80. The van der Waals surface area contributed by atoms with Crippen LogP contribution in [0.15, 0.2) is 24.4 Å². The van der Waals surface area contributed by atoms with Gasteiger partial charge >= 0.3 is 7.60 Å². The first-order chi connectivity index (χ1) is 9.39. The molecule has 0 atom stereocenters. The van der Waals surface area contributed by atoms with Crippen molar-refractivity contribution in [2.24, 2.45) is 0 Å². The maximum absolute atomic E-state index is 10.8. The van der Waals surface area contributed by atoms with E-state index in [1.54, 1.807) is 31.5 Å². The number of nitrogens with zero attached hydrogens (tertiary/aromatic N) is 3. The van der Waals surface area contributed by atoms with E-state index >= 15 is 0 Å². The number of ether oxygens (including phenoxy) is 1. The first kappa shape index (κ1) is 15.0. The van der Waals surface area contributed by atoms with Crippen molar-refractivity contribution in [3.63, 3.8) is 0 Å². The van der Waals surface area contributed by atoms with E-state index in [0.29, 0.717) is 22.0 Å². The topological polar surface area (TPSA) is 97.5 Å². The van der Waals surface area contributed by atoms with Crippen molar-refractivity contribution in [2.45, 2.75) is 6.54 Å². The molecule has 20 heavy (non-hydrogen) atoms. The Morgan fingerprint density at radius 1 is 1.45 bits per heavy atom. The lowest BCUT2D eigenvalue weighted by Gasteiger charge is -2.04. The first-order valence-corrected chi connectivity index (χ1v) is 7.85. The molecular weight excluding hydrogens is 305 g/mol. The number of benzene rings is 1. The Hall–Kier alpha value is -1.40. The number of hydrogen-bond acceptors (Lipinski definition) is 4. The minimum absolute atomic E-state index is 0.0822. The fourth-order valence-corrected chi connectivity index (χ4v) is 2.27. The number of rotatable bonds is 5. The van der Waals surface area contributed by atoms with Gasteiger partial charge in [-0.05, 0) is 18.2 Å². The van der Waals surface area contributed by atoms with E-state index < -0.39 is 7.60 Å². The second kappa shape index (κ2) is 5.93. The monoisotopic (exact) mass is 317 g/mol. The molecule has 0 saturated heterocycles. The normalized spacial score (nSPS) is 11.6. The van der Waals surface area contributed by atoms with Crippen LogP contribution >= 0.6 is 19.2 Å². The molecule has 1 aromatic heterocycles. The van der Waals surface area contributed by atoms with Crippen molar-refractivity contribution in [3.8, 4) is 17.0 Å². The van der Waals surface area contributed by atoms with Crippen LogP contribution in [0, 0.1) is 0 Å². The molecule has 2 rings (SSSR count). The maximum Gasteiger partial charge on any atom is 0.327 e. The summed E-state index contributed by atoms with van der Waals surface area (Å²) in [4.78, 5) is 17.7. The summed E-state index contributed by atoms with van der Waals surface area (Å²) in [5.74, 6) is 0.633. The Bertz CT molecular complexity index is 655. The number of halogens is 1. The molecule has 108 valence electrons. The van der Waals surface area contributed by atoms with Gasteiger partial charge in [0, 0.05) is 5.56 Å². The third-order valence-electron chi connectivity index (χ3n) is 2.61. The van der Waals surface area contributed by atoms with Gasteiger partial charge < -0.3 is 14.5 Å². The van der Waals surface area contributed by atoms with Gasteiger partial charge in [0.05, 0.1) is 31.0 Å². The number of methoxy groups -OCH3 is 1. The maximum atomic E-state index is 10.8. The Morgan fingerprint density at radius 3 is 2.85 bits per heavy atom. The lowest BCUT2D eigenvalue weighted by atomic mass is 10.1. The van der Waals surface area contributed by atoms with Crippen LogP contribution in [0.4, 0.5) is 0 Å². The van der Waals surface area contributed by atoms with Gasteiger partial charge in [0.2, 0.25) is 0 Å². The van der Waals surface area contributed by atoms with Gasteiger partial charge in [-0.15, -0.1) is 5.10 Å². The van der Waals surface area contributed by atoms with E-state index in [9.17, 15) is 4.57 Å². The highest BCUT2D eigenvalue weighted by atomic mass is 35.5. The average Bonchev–Trinajstić information content (AvgIpc) is 2.85. The standard InChI is InChI=1S/C11H13ClN3O4P/c1-19-8-2-3-10(12)9(6-8)11-7-15(14-13-11)4-5-20(16,17)18/h2-3,6-7H,4-5H2,1H3,(H2,16,17,18). The summed E-state index contributed by atoms with van der Waals surface area (Å²) in [5.41, 5.74) is 1.16. The predicted molar refractivity (Wildman–Crippen MR) is 73.9 cm³/mol. The third-order valence-corrected chi connectivity index (χ3v) is 3.72. The minimum atomic E-state index is -4.05. The Kier molecular flexibility index (Phi) is 4.45. The van der Waals surface area contributed by atoms with Crippen LogP contribution in [0.3, 0.4) is 0 Å². The zero-order chi connectivity index (χ0) is 14.8. The van der Waals surface area contributed by atoms with Crippen molar-refractivity contribution < 1.29 is 19.1 Å². The van der Waals surface area contributed by atoms with Gasteiger partial charge in [-0.25, -0.2) is 0 Å². The van der Waals surface area contributed by atoms with E-state index in [1.165, 1.54) is 4.68 Å². The second-order valence-corrected chi connectivity index (χ2v) is 6.28. The van der Waals surface area contributed by atoms with Crippen LogP contribution in [0.2, 0.25) is 5.02 Å². The molecule has 0 unspecified atom stereocenters. The highest BCUT2D eigenvalue weighted by Crippen LogP contribution is 2.34. The highest BCUT2D eigenvalue weighted by molar-refractivity contribution is 7.51. The molecule has 0 amide bonds. The molecule has 1 aromatic carbocycles. The fraction of sp³-hybridized carbons (Fsp3) is 0.273. The lowest BCUT2D eigenvalue weighted by molar-refractivity contribution is 0.368. The van der Waals surface area contributed by atoms with Gasteiger partial charge in [0.1, 0.15) is 11.4 Å². The molecule has 0 aliphatic heterocycles. The fourth-order valence-electron chi connectivity index (χ4n) is 1.59. The molecule has 0 radical (unpaired) electrons. The molecule has 0 bridgehead atoms. The smallest absolute Gasteiger partial charge is 0.327 e. The van der Waals surface area contributed by atoms with Crippen molar-refractivity contribution >= 4 is 19.2 Å². The number of aromatic nitrogens is 3. The molecule has 7 nitrogen and oxygen atoms in total. The van der Waals surface area contributed by atoms with E-state index in [4.69, 9.17) is 26.1 Å². The average molecular weight is 318 g/mol. The quantitative estimate of drug-likeness (QED) is 0.816. The van der Waals surface area contributed by atoms with E-state index in [2.05, 4.69) is 10.3 Å². The summed E-state index contributed by atoms with van der Waals surface area (Å²) in [6.07, 6.45) is 1.29. The number of aryl methyl sites for hydroxylation is 1. The zero-order valence-electron chi connectivity index (χ0n) is 10.6. The predicted octanol–water partition coefficient (Wildman–Crippen LogP) is 1.78. The Morgan fingerprint density at radius 2 is 2.20 bits per heavy atom. The minimum Gasteiger partial charge on any atom is -0.497 e. The van der Waals surface area contributed by atoms with Gasteiger partial charge in [0.25, 0.3) is 0 Å². The van der Waals surface area contributed by atoms with Gasteiger partial charge in [0.15, 0.2) is 0 Å². The molecule has 1 heterocycles. The summed E-state index contributed by atoms with van der Waals surface area (Å²) in [6, 6.07) is 5.13. The summed E-state index contributed by atoms with van der Waals surface area (Å²) in [5, 5.41) is 8.25. The molecule has 2 aromatic rings. The van der Waals surface area contributed by atoms with Gasteiger partial charge in [-0.1, -0.05) is 16.8 Å². The van der Waals surface area contributed by atoms with Crippen LogP contribution in [-0.2, 0) is 11.1 Å². The second-order valence-electron chi connectivity index (χ2n) is 4.10. The van der Waals surface area contributed by atoms with Crippen molar-refractivity contribution in [2.75, 3.05) is 13.3 Å². The van der Waals surface area contributed by atoms with Crippen molar-refractivity contribution in [3.05, 3.63) is 29.4 Å². The van der Waals surface area contributed by atoms with E-state index in [-0.39, 0.29) is 12.7 Å². The first-order valence-electron chi connectivity index (χ1n) is 5.67. The van der Waals surface area contributed by atoms with Gasteiger partial charge in [-0.2, -0.15) is 0 Å². The van der Waals surface area contributed by atoms with Crippen LogP contribution < -0.4 is 4.74 Å². The summed E-state index contributed by atoms with van der Waals surface area (Å²) < 4.78 is 17.3. The van der Waals surface area contributed by atoms with Crippen molar-refractivity contribution in [1.82, 2.24) is 15.0 Å². The zero-order valence-corrected chi connectivity index (χ0v) is 12.3. The number of hydrogen-bond donors (Lipinski definition) is 2. The van der Waals surface area contributed by atoms with Crippen molar-refractivity contribution in [1.29, 1.82) is 0 Å². The molecule has 0 fully saturated rings. The van der Waals surface area contributed by atoms with Crippen LogP contribution in [0.1, 0.15) is 0 Å². The van der Waals surface area contributed by atoms with Crippen LogP contribution in [-0.4, -0.2) is 38.1 Å². The van der Waals surface area contributed by atoms with Crippen LogP contribution in [0.25, 0.3) is 11.3 Å². The molecule has 0 aliphatic carbocycles. The lowest BCUT2D eigenvalue weighted by Crippen LogP contribution is -2.03. The molecule has 0 spiro atoms. The Balaban J connectivity index is 2.22. The SMILES string of the molecule is COc1ccc(Cl)c(-c2cn(CCP(=O)(O)O)nn2)c1. The summed E-state index contributed by atoms with van der Waals surface area (Å²) >= 11 is 6.09. The highest BCUT2D eigenvalue weighted by Gasteiger charge is 2.14. The van der Waals surface area contributed by atoms with Gasteiger partial charge in [-0.3, -0.25) is 9.25 Å². The molecule has 0 saturated carbocycles. The Labute approximate surface area is 120 Å². The molecule has 9 heteroatoms. The largest absolute Gasteiger partial charge is 0.497 e. The van der Waals surface area contributed by atoms with E-state index in [0.717, 1.165) is 0 Å². The molecular formula is C11H13ClN3O4P. The molecule has 2 N–H and O–H groups in total. The molecule has 0 aliphatic rings. The summed E-state index contributed by atoms with van der Waals surface area (Å²) in [6.45, 7) is 0.0822. The summed E-state index contributed by atoms with van der Waals surface area (Å²) in [7, 11) is -2.51. The van der Waals surface area contributed by atoms with Crippen LogP contribution in [0.5, 0.6) is 5.75 Å².